The van der Waals surface area contributed by atoms with Gasteiger partial charge in [0.1, 0.15) is 17.4 Å². The Morgan fingerprint density at radius 1 is 1.15 bits per heavy atom. The van der Waals surface area contributed by atoms with Gasteiger partial charge in [-0.3, -0.25) is 9.69 Å². The molecule has 146 valence electrons. The Hall–Kier alpha value is -1.92. The highest BCUT2D eigenvalue weighted by atomic mass is 32.1. The number of amides is 1. The van der Waals surface area contributed by atoms with Crippen LogP contribution in [-0.2, 0) is 17.8 Å². The molecule has 1 aliphatic rings. The standard InChI is InChI=1S/C21H29N3O2S/c1-21(2,3)16-23-9-11-24(12-10-23)20(25)13-17-15-27-19(22-17)14-26-18-7-5-4-6-8-18/h4-8,15H,9-14,16H2,1-3H3. The summed E-state index contributed by atoms with van der Waals surface area (Å²) in [6.45, 7) is 11.8. The van der Waals surface area contributed by atoms with Crippen molar-refractivity contribution in [3.63, 3.8) is 0 Å². The molecule has 0 aliphatic carbocycles. The molecule has 1 amide bonds. The third-order valence-electron chi connectivity index (χ3n) is 4.46. The van der Waals surface area contributed by atoms with Gasteiger partial charge in [-0.1, -0.05) is 39.0 Å². The molecule has 0 spiro atoms. The number of carbonyl (C=O) groups is 1. The molecule has 0 saturated carbocycles. The summed E-state index contributed by atoms with van der Waals surface area (Å²) in [5, 5.41) is 2.87. The molecule has 0 N–H and O–H groups in total. The van der Waals surface area contributed by atoms with Crippen LogP contribution in [0.4, 0.5) is 0 Å². The SMILES string of the molecule is CC(C)(C)CN1CCN(C(=O)Cc2csc(COc3ccccc3)n2)CC1. The van der Waals surface area contributed by atoms with E-state index in [1.165, 1.54) is 0 Å². The molecular formula is C21H29N3O2S. The Labute approximate surface area is 166 Å². The predicted octanol–water partition coefficient (Wildman–Crippen LogP) is 3.45. The highest BCUT2D eigenvalue weighted by Crippen LogP contribution is 2.18. The van der Waals surface area contributed by atoms with Gasteiger partial charge in [0.05, 0.1) is 12.1 Å². The van der Waals surface area contributed by atoms with Crippen molar-refractivity contribution in [1.29, 1.82) is 0 Å². The van der Waals surface area contributed by atoms with E-state index < -0.39 is 0 Å². The van der Waals surface area contributed by atoms with Crippen molar-refractivity contribution < 1.29 is 9.53 Å². The van der Waals surface area contributed by atoms with Crippen molar-refractivity contribution in [2.24, 2.45) is 5.41 Å². The highest BCUT2D eigenvalue weighted by Gasteiger charge is 2.24. The quantitative estimate of drug-likeness (QED) is 0.762. The van der Waals surface area contributed by atoms with Crippen LogP contribution in [0.3, 0.4) is 0 Å². The molecule has 0 bridgehead atoms. The lowest BCUT2D eigenvalue weighted by molar-refractivity contribution is -0.132. The number of hydrogen-bond donors (Lipinski definition) is 0. The molecule has 3 rings (SSSR count). The molecule has 0 radical (unpaired) electrons. The van der Waals surface area contributed by atoms with E-state index in [0.29, 0.717) is 18.4 Å². The van der Waals surface area contributed by atoms with Crippen LogP contribution in [0, 0.1) is 5.41 Å². The van der Waals surface area contributed by atoms with Crippen LogP contribution in [-0.4, -0.2) is 53.4 Å². The van der Waals surface area contributed by atoms with E-state index in [1.54, 1.807) is 11.3 Å². The summed E-state index contributed by atoms with van der Waals surface area (Å²) < 4.78 is 5.73. The average Bonchev–Trinajstić information content (AvgIpc) is 3.07. The van der Waals surface area contributed by atoms with Crippen LogP contribution in [0.25, 0.3) is 0 Å². The summed E-state index contributed by atoms with van der Waals surface area (Å²) in [7, 11) is 0. The fourth-order valence-electron chi connectivity index (χ4n) is 3.25. The number of rotatable bonds is 6. The first kappa shape index (κ1) is 19.8. The van der Waals surface area contributed by atoms with Gasteiger partial charge in [0.25, 0.3) is 0 Å². The molecule has 1 aromatic heterocycles. The number of piperazine rings is 1. The second kappa shape index (κ2) is 8.85. The van der Waals surface area contributed by atoms with E-state index >= 15 is 0 Å². The summed E-state index contributed by atoms with van der Waals surface area (Å²) in [4.78, 5) is 21.6. The molecule has 1 saturated heterocycles. The van der Waals surface area contributed by atoms with Gasteiger partial charge in [-0.05, 0) is 17.5 Å². The van der Waals surface area contributed by atoms with Crippen molar-refractivity contribution in [2.75, 3.05) is 32.7 Å². The van der Waals surface area contributed by atoms with Gasteiger partial charge in [0.2, 0.25) is 5.91 Å². The Bertz CT molecular complexity index is 731. The van der Waals surface area contributed by atoms with E-state index in [0.717, 1.165) is 49.2 Å². The van der Waals surface area contributed by atoms with E-state index in [9.17, 15) is 4.79 Å². The molecular weight excluding hydrogens is 358 g/mol. The minimum Gasteiger partial charge on any atom is -0.486 e. The van der Waals surface area contributed by atoms with Gasteiger partial charge in [-0.15, -0.1) is 11.3 Å². The molecule has 2 aromatic rings. The zero-order chi connectivity index (χ0) is 19.3. The van der Waals surface area contributed by atoms with Gasteiger partial charge < -0.3 is 9.64 Å². The topological polar surface area (TPSA) is 45.7 Å². The zero-order valence-corrected chi connectivity index (χ0v) is 17.3. The van der Waals surface area contributed by atoms with Gasteiger partial charge in [0, 0.05) is 38.1 Å². The molecule has 2 heterocycles. The van der Waals surface area contributed by atoms with Gasteiger partial charge in [-0.25, -0.2) is 4.98 Å². The average molecular weight is 388 g/mol. The largest absolute Gasteiger partial charge is 0.486 e. The van der Waals surface area contributed by atoms with E-state index in [4.69, 9.17) is 4.74 Å². The van der Waals surface area contributed by atoms with Gasteiger partial charge in [-0.2, -0.15) is 0 Å². The lowest BCUT2D eigenvalue weighted by Gasteiger charge is -2.37. The van der Waals surface area contributed by atoms with Gasteiger partial charge in [0.15, 0.2) is 0 Å². The predicted molar refractivity (Wildman–Crippen MR) is 109 cm³/mol. The number of carbonyl (C=O) groups excluding carboxylic acids is 1. The number of benzene rings is 1. The van der Waals surface area contributed by atoms with Crippen molar-refractivity contribution in [2.45, 2.75) is 33.8 Å². The number of nitrogens with zero attached hydrogens (tertiary/aromatic N) is 3. The summed E-state index contributed by atoms with van der Waals surface area (Å²) >= 11 is 1.55. The Balaban J connectivity index is 1.44. The highest BCUT2D eigenvalue weighted by molar-refractivity contribution is 7.09. The van der Waals surface area contributed by atoms with Crippen LogP contribution >= 0.6 is 11.3 Å². The van der Waals surface area contributed by atoms with E-state index in [-0.39, 0.29) is 5.91 Å². The zero-order valence-electron chi connectivity index (χ0n) is 16.5. The van der Waals surface area contributed by atoms with Crippen molar-refractivity contribution in [1.82, 2.24) is 14.8 Å². The first-order valence-corrected chi connectivity index (χ1v) is 10.4. The number of para-hydroxylation sites is 1. The molecule has 5 nitrogen and oxygen atoms in total. The van der Waals surface area contributed by atoms with Crippen LogP contribution in [0.15, 0.2) is 35.7 Å². The van der Waals surface area contributed by atoms with Gasteiger partial charge >= 0.3 is 0 Å². The van der Waals surface area contributed by atoms with Crippen LogP contribution < -0.4 is 4.74 Å². The monoisotopic (exact) mass is 387 g/mol. The normalized spacial score (nSPS) is 15.7. The van der Waals surface area contributed by atoms with Crippen LogP contribution in [0.5, 0.6) is 5.75 Å². The Morgan fingerprint density at radius 3 is 2.52 bits per heavy atom. The summed E-state index contributed by atoms with van der Waals surface area (Å²) in [5.41, 5.74) is 1.14. The number of ether oxygens (including phenoxy) is 1. The first-order chi connectivity index (χ1) is 12.9. The Morgan fingerprint density at radius 2 is 1.85 bits per heavy atom. The van der Waals surface area contributed by atoms with Crippen molar-refractivity contribution >= 4 is 17.2 Å². The lowest BCUT2D eigenvalue weighted by atomic mass is 9.96. The minimum absolute atomic E-state index is 0.172. The maximum atomic E-state index is 12.6. The molecule has 27 heavy (non-hydrogen) atoms. The summed E-state index contributed by atoms with van der Waals surface area (Å²) in [6.07, 6.45) is 0.376. The third kappa shape index (κ3) is 6.33. The second-order valence-corrected chi connectivity index (χ2v) is 9.17. The lowest BCUT2D eigenvalue weighted by Crippen LogP contribution is -2.50. The maximum Gasteiger partial charge on any atom is 0.228 e. The van der Waals surface area contributed by atoms with Crippen molar-refractivity contribution in [3.8, 4) is 5.75 Å². The minimum atomic E-state index is 0.172. The maximum absolute atomic E-state index is 12.6. The molecule has 1 fully saturated rings. The van der Waals surface area contributed by atoms with Crippen LogP contribution in [0.1, 0.15) is 31.5 Å². The summed E-state index contributed by atoms with van der Waals surface area (Å²) in [5.74, 6) is 1.00. The summed E-state index contributed by atoms with van der Waals surface area (Å²) in [6, 6.07) is 9.71. The molecule has 0 atom stereocenters. The smallest absolute Gasteiger partial charge is 0.228 e. The second-order valence-electron chi connectivity index (χ2n) is 8.23. The molecule has 1 aromatic carbocycles. The molecule has 1 aliphatic heterocycles. The first-order valence-electron chi connectivity index (χ1n) is 9.50. The molecule has 6 heteroatoms. The van der Waals surface area contributed by atoms with E-state index in [1.807, 2.05) is 40.6 Å². The number of hydrogen-bond acceptors (Lipinski definition) is 5. The number of aromatic nitrogens is 1. The van der Waals surface area contributed by atoms with Crippen molar-refractivity contribution in [3.05, 3.63) is 46.4 Å². The fourth-order valence-corrected chi connectivity index (χ4v) is 3.96. The third-order valence-corrected chi connectivity index (χ3v) is 5.33. The Kier molecular flexibility index (Phi) is 6.50. The molecule has 0 unspecified atom stereocenters. The van der Waals surface area contributed by atoms with Crippen LogP contribution in [0.2, 0.25) is 0 Å². The number of thiazole rings is 1. The fraction of sp³-hybridized carbons (Fsp3) is 0.524. The van der Waals surface area contributed by atoms with E-state index in [2.05, 4.69) is 30.7 Å².